The SMILES string of the molecule is Cc1occc1CN(C)S(=O)(=O)N(C)CCCO. The molecule has 0 amide bonds. The topological polar surface area (TPSA) is 74.0 Å². The predicted molar refractivity (Wildman–Crippen MR) is 68.2 cm³/mol. The van der Waals surface area contributed by atoms with Gasteiger partial charge in [0.2, 0.25) is 0 Å². The molecule has 1 N–H and O–H groups in total. The molecular weight excluding hydrogens is 256 g/mol. The highest BCUT2D eigenvalue weighted by Crippen LogP contribution is 2.14. The molecule has 0 aromatic carbocycles. The predicted octanol–water partition coefficient (Wildman–Crippen LogP) is 0.579. The average molecular weight is 276 g/mol. The molecule has 0 bridgehead atoms. The second kappa shape index (κ2) is 6.33. The number of nitrogens with zero attached hydrogens (tertiary/aromatic N) is 2. The van der Waals surface area contributed by atoms with Crippen molar-refractivity contribution in [3.05, 3.63) is 23.7 Å². The number of aliphatic hydroxyl groups excluding tert-OH is 1. The number of rotatable bonds is 7. The first-order valence-electron chi connectivity index (χ1n) is 5.71. The molecule has 0 saturated carbocycles. The van der Waals surface area contributed by atoms with Gasteiger partial charge < -0.3 is 9.52 Å². The van der Waals surface area contributed by atoms with Crippen LogP contribution in [-0.4, -0.2) is 49.4 Å². The van der Waals surface area contributed by atoms with Gasteiger partial charge >= 0.3 is 0 Å². The summed E-state index contributed by atoms with van der Waals surface area (Å²) in [6.45, 7) is 2.34. The Kier molecular flexibility index (Phi) is 5.33. The Morgan fingerprint density at radius 2 is 2.00 bits per heavy atom. The van der Waals surface area contributed by atoms with Crippen LogP contribution in [0.1, 0.15) is 17.7 Å². The van der Waals surface area contributed by atoms with Crippen molar-refractivity contribution in [3.8, 4) is 0 Å². The number of hydrogen-bond acceptors (Lipinski definition) is 4. The largest absolute Gasteiger partial charge is 0.469 e. The van der Waals surface area contributed by atoms with Gasteiger partial charge in [0.25, 0.3) is 10.2 Å². The number of aliphatic hydroxyl groups is 1. The smallest absolute Gasteiger partial charge is 0.281 e. The molecular formula is C11H20N2O4S. The molecule has 6 nitrogen and oxygen atoms in total. The molecule has 0 aliphatic heterocycles. The van der Waals surface area contributed by atoms with Crippen molar-refractivity contribution in [1.29, 1.82) is 0 Å². The van der Waals surface area contributed by atoms with Crippen molar-refractivity contribution < 1.29 is 17.9 Å². The summed E-state index contributed by atoms with van der Waals surface area (Å²) in [5, 5.41) is 8.72. The minimum Gasteiger partial charge on any atom is -0.469 e. The van der Waals surface area contributed by atoms with Crippen molar-refractivity contribution in [2.75, 3.05) is 27.2 Å². The Labute approximate surface area is 108 Å². The van der Waals surface area contributed by atoms with E-state index in [-0.39, 0.29) is 13.2 Å². The lowest BCUT2D eigenvalue weighted by molar-refractivity contribution is 0.272. The highest BCUT2D eigenvalue weighted by atomic mass is 32.2. The summed E-state index contributed by atoms with van der Waals surface area (Å²) in [6, 6.07) is 1.76. The Balaban J connectivity index is 2.70. The second-order valence-electron chi connectivity index (χ2n) is 4.16. The third kappa shape index (κ3) is 3.55. The highest BCUT2D eigenvalue weighted by molar-refractivity contribution is 7.86. The van der Waals surface area contributed by atoms with Crippen molar-refractivity contribution in [3.63, 3.8) is 0 Å². The van der Waals surface area contributed by atoms with Gasteiger partial charge in [-0.15, -0.1) is 0 Å². The van der Waals surface area contributed by atoms with Crippen LogP contribution in [0.15, 0.2) is 16.7 Å². The minimum atomic E-state index is -3.49. The molecule has 0 unspecified atom stereocenters. The lowest BCUT2D eigenvalue weighted by Crippen LogP contribution is -2.39. The summed E-state index contributed by atoms with van der Waals surface area (Å²) < 4.78 is 31.9. The lowest BCUT2D eigenvalue weighted by Gasteiger charge is -2.24. The van der Waals surface area contributed by atoms with E-state index in [2.05, 4.69) is 0 Å². The fourth-order valence-corrected chi connectivity index (χ4v) is 2.68. The van der Waals surface area contributed by atoms with Gasteiger partial charge in [0.15, 0.2) is 0 Å². The molecule has 0 aliphatic carbocycles. The first-order valence-corrected chi connectivity index (χ1v) is 7.10. The van der Waals surface area contributed by atoms with Crippen LogP contribution in [0.2, 0.25) is 0 Å². The van der Waals surface area contributed by atoms with E-state index in [0.717, 1.165) is 11.3 Å². The maximum atomic E-state index is 12.1. The maximum Gasteiger partial charge on any atom is 0.281 e. The maximum absolute atomic E-state index is 12.1. The van der Waals surface area contributed by atoms with E-state index in [1.54, 1.807) is 19.3 Å². The molecule has 0 atom stereocenters. The number of aryl methyl sites for hydroxylation is 1. The Hall–Kier alpha value is -0.890. The molecule has 1 rings (SSSR count). The zero-order valence-corrected chi connectivity index (χ0v) is 11.8. The first-order chi connectivity index (χ1) is 8.39. The summed E-state index contributed by atoms with van der Waals surface area (Å²) in [7, 11) is -0.461. The molecule has 104 valence electrons. The molecule has 0 aliphatic rings. The Morgan fingerprint density at radius 1 is 1.33 bits per heavy atom. The third-order valence-corrected chi connectivity index (χ3v) is 4.67. The average Bonchev–Trinajstić information content (AvgIpc) is 2.71. The monoisotopic (exact) mass is 276 g/mol. The van der Waals surface area contributed by atoms with Crippen LogP contribution < -0.4 is 0 Å². The molecule has 0 saturated heterocycles. The van der Waals surface area contributed by atoms with E-state index in [9.17, 15) is 8.42 Å². The zero-order valence-electron chi connectivity index (χ0n) is 11.0. The molecule has 1 heterocycles. The Morgan fingerprint density at radius 3 is 2.50 bits per heavy atom. The van der Waals surface area contributed by atoms with Crippen molar-refractivity contribution in [2.24, 2.45) is 0 Å². The highest BCUT2D eigenvalue weighted by Gasteiger charge is 2.23. The van der Waals surface area contributed by atoms with Gasteiger partial charge in [0, 0.05) is 39.4 Å². The molecule has 18 heavy (non-hydrogen) atoms. The van der Waals surface area contributed by atoms with Crippen LogP contribution >= 0.6 is 0 Å². The zero-order chi connectivity index (χ0) is 13.8. The summed E-state index contributed by atoms with van der Waals surface area (Å²) in [5.41, 5.74) is 0.844. The summed E-state index contributed by atoms with van der Waals surface area (Å²) in [5.74, 6) is 0.718. The van der Waals surface area contributed by atoms with Gasteiger partial charge in [-0.1, -0.05) is 0 Å². The number of hydrogen-bond donors (Lipinski definition) is 1. The van der Waals surface area contributed by atoms with Crippen LogP contribution in [0.5, 0.6) is 0 Å². The van der Waals surface area contributed by atoms with Gasteiger partial charge in [0.05, 0.1) is 6.26 Å². The lowest BCUT2D eigenvalue weighted by atomic mass is 10.3. The molecule has 0 fully saturated rings. The standard InChI is InChI=1S/C11H20N2O4S/c1-10-11(5-8-17-10)9-13(3)18(15,16)12(2)6-4-7-14/h5,8,14H,4,6-7,9H2,1-3H3. The van der Waals surface area contributed by atoms with E-state index in [1.807, 2.05) is 0 Å². The van der Waals surface area contributed by atoms with Gasteiger partial charge in [-0.2, -0.15) is 17.0 Å². The van der Waals surface area contributed by atoms with E-state index in [1.165, 1.54) is 22.7 Å². The fraction of sp³-hybridized carbons (Fsp3) is 0.636. The van der Waals surface area contributed by atoms with E-state index >= 15 is 0 Å². The summed E-state index contributed by atoms with van der Waals surface area (Å²) in [4.78, 5) is 0. The van der Waals surface area contributed by atoms with Crippen LogP contribution in [0.4, 0.5) is 0 Å². The van der Waals surface area contributed by atoms with Gasteiger partial charge in [-0.05, 0) is 19.4 Å². The summed E-state index contributed by atoms with van der Waals surface area (Å²) >= 11 is 0. The number of furan rings is 1. The normalized spacial score (nSPS) is 12.6. The van der Waals surface area contributed by atoms with E-state index < -0.39 is 10.2 Å². The van der Waals surface area contributed by atoms with E-state index in [4.69, 9.17) is 9.52 Å². The van der Waals surface area contributed by atoms with Gasteiger partial charge in [-0.25, -0.2) is 0 Å². The van der Waals surface area contributed by atoms with Gasteiger partial charge in [0.1, 0.15) is 5.76 Å². The third-order valence-electron chi connectivity index (χ3n) is 2.78. The van der Waals surface area contributed by atoms with Crippen LogP contribution in [0.3, 0.4) is 0 Å². The summed E-state index contributed by atoms with van der Waals surface area (Å²) in [6.07, 6.45) is 1.97. The van der Waals surface area contributed by atoms with Crippen molar-refractivity contribution in [2.45, 2.75) is 19.9 Å². The molecule has 7 heteroatoms. The van der Waals surface area contributed by atoms with Crippen molar-refractivity contribution in [1.82, 2.24) is 8.61 Å². The minimum absolute atomic E-state index is 0.0234. The molecule has 1 aromatic heterocycles. The van der Waals surface area contributed by atoms with Crippen LogP contribution in [0, 0.1) is 6.92 Å². The second-order valence-corrected chi connectivity index (χ2v) is 6.31. The Bertz CT molecular complexity index is 469. The molecule has 0 radical (unpaired) electrons. The van der Waals surface area contributed by atoms with E-state index in [0.29, 0.717) is 13.0 Å². The molecule has 1 aromatic rings. The fourth-order valence-electron chi connectivity index (χ4n) is 1.54. The van der Waals surface area contributed by atoms with Crippen LogP contribution in [-0.2, 0) is 16.8 Å². The quantitative estimate of drug-likeness (QED) is 0.790. The van der Waals surface area contributed by atoms with Crippen LogP contribution in [0.25, 0.3) is 0 Å². The molecule has 0 spiro atoms. The first kappa shape index (κ1) is 15.2. The van der Waals surface area contributed by atoms with Gasteiger partial charge in [-0.3, -0.25) is 0 Å². The van der Waals surface area contributed by atoms with Crippen molar-refractivity contribution >= 4 is 10.2 Å².